The number of nitriles is 1. The van der Waals surface area contributed by atoms with Crippen molar-refractivity contribution >= 4 is 31.1 Å². The van der Waals surface area contributed by atoms with Gasteiger partial charge in [-0.05, 0) is 71.3 Å². The van der Waals surface area contributed by atoms with Gasteiger partial charge in [-0.1, -0.05) is 96.5 Å². The van der Waals surface area contributed by atoms with Crippen LogP contribution in [0.15, 0.2) is 151 Å². The Hall–Kier alpha value is -6.30. The van der Waals surface area contributed by atoms with Crippen LogP contribution >= 0.6 is 19.4 Å². The average molecular weight is 877 g/mol. The molecule has 62 heavy (non-hydrogen) atoms. The number of rotatable bonds is 18. The zero-order chi connectivity index (χ0) is 43.5. The first-order valence-electron chi connectivity index (χ1n) is 19.5. The van der Waals surface area contributed by atoms with E-state index in [1.54, 1.807) is 62.8 Å². The smallest absolute Gasteiger partial charge is 0.497 e. The van der Waals surface area contributed by atoms with Gasteiger partial charge in [0.25, 0.3) is 5.91 Å². The molecule has 0 aliphatic carbocycles. The molecule has 4 atom stereocenters. The quantitative estimate of drug-likeness (QED) is 0.0495. The molecule has 1 amide bonds. The lowest BCUT2D eigenvalue weighted by molar-refractivity contribution is -0.0937. The average Bonchev–Trinajstić information content (AvgIpc) is 3.69. The summed E-state index contributed by atoms with van der Waals surface area (Å²) >= 11 is 6.41. The maximum Gasteiger partial charge on any atom is 0.530 e. The minimum Gasteiger partial charge on any atom is -0.497 e. The number of nitrogens with zero attached hydrogens (tertiary/aromatic N) is 3. The third kappa shape index (κ3) is 10.1. The highest BCUT2D eigenvalue weighted by Gasteiger charge is 2.46. The second-order valence-electron chi connectivity index (χ2n) is 13.9. The molecule has 0 bridgehead atoms. The van der Waals surface area contributed by atoms with Crippen LogP contribution in [0.3, 0.4) is 0 Å². The number of phosphoric acid groups is 1. The van der Waals surface area contributed by atoms with Crippen molar-refractivity contribution < 1.29 is 41.9 Å². The number of carbonyl (C=O) groups excluding carboxylic acids is 1. The van der Waals surface area contributed by atoms with Crippen molar-refractivity contribution in [1.82, 2.24) is 9.55 Å². The molecule has 5 aromatic carbocycles. The Kier molecular flexibility index (Phi) is 14.2. The van der Waals surface area contributed by atoms with Gasteiger partial charge in [-0.2, -0.15) is 10.2 Å². The number of benzene rings is 5. The number of phosphoric ester groups is 1. The van der Waals surface area contributed by atoms with E-state index in [4.69, 9.17) is 44.1 Å². The first-order chi connectivity index (χ1) is 30.1. The first-order valence-corrected chi connectivity index (χ1v) is 21.3. The molecule has 1 unspecified atom stereocenters. The number of amides is 1. The fourth-order valence-electron chi connectivity index (χ4n) is 6.98. The predicted octanol–water partition coefficient (Wildman–Crippen LogP) is 8.96. The molecule has 2 heterocycles. The summed E-state index contributed by atoms with van der Waals surface area (Å²) in [6.07, 6.45) is -1.92. The van der Waals surface area contributed by atoms with Gasteiger partial charge in [0, 0.05) is 18.2 Å². The molecular formula is C46H42ClN4O10P. The van der Waals surface area contributed by atoms with E-state index < -0.39 is 43.5 Å². The van der Waals surface area contributed by atoms with Gasteiger partial charge in [-0.25, -0.2) is 9.36 Å². The number of hydrogen-bond donors (Lipinski definition) is 1. The molecule has 1 aliphatic rings. The lowest BCUT2D eigenvalue weighted by atomic mass is 9.80. The summed E-state index contributed by atoms with van der Waals surface area (Å²) in [6, 6.07) is 42.8. The Morgan fingerprint density at radius 1 is 0.871 bits per heavy atom. The van der Waals surface area contributed by atoms with Crippen LogP contribution in [0.2, 0.25) is 5.02 Å². The van der Waals surface area contributed by atoms with Crippen LogP contribution < -0.4 is 25.0 Å². The van der Waals surface area contributed by atoms with Crippen LogP contribution in [0.1, 0.15) is 46.1 Å². The third-order valence-corrected chi connectivity index (χ3v) is 11.8. The SMILES string of the molecule is COc1ccc(C(OC[C@H]2O[C@@H](n3ccc(NC(=O)c4ccccc4)nc3=O)C[C@@H]2OP(=O)(OCCC#N)Oc2ccccc2Cl)(c2ccccc2)c2ccc(OC)cc2)cc1. The van der Waals surface area contributed by atoms with Crippen LogP contribution in [0.25, 0.3) is 0 Å². The number of ether oxygens (including phenoxy) is 4. The minimum atomic E-state index is -4.57. The number of para-hydroxylation sites is 1. The molecule has 1 aromatic heterocycles. The molecule has 1 fully saturated rings. The Bertz CT molecular complexity index is 2550. The Morgan fingerprint density at radius 3 is 2.06 bits per heavy atom. The zero-order valence-electron chi connectivity index (χ0n) is 33.7. The van der Waals surface area contributed by atoms with Crippen molar-refractivity contribution in [3.05, 3.63) is 183 Å². The third-order valence-electron chi connectivity index (χ3n) is 10.0. The summed E-state index contributed by atoms with van der Waals surface area (Å²) < 4.78 is 58.4. The zero-order valence-corrected chi connectivity index (χ0v) is 35.3. The summed E-state index contributed by atoms with van der Waals surface area (Å²) in [5.74, 6) is 0.876. The molecule has 318 valence electrons. The van der Waals surface area contributed by atoms with Gasteiger partial charge in [0.05, 0.1) is 44.9 Å². The highest BCUT2D eigenvalue weighted by atomic mass is 35.5. The Morgan fingerprint density at radius 2 is 1.47 bits per heavy atom. The van der Waals surface area contributed by atoms with E-state index in [2.05, 4.69) is 10.3 Å². The van der Waals surface area contributed by atoms with E-state index in [1.807, 2.05) is 84.9 Å². The molecule has 1 N–H and O–H groups in total. The molecule has 0 radical (unpaired) electrons. The summed E-state index contributed by atoms with van der Waals surface area (Å²) in [5, 5.41) is 12.1. The lowest BCUT2D eigenvalue weighted by Crippen LogP contribution is -2.38. The fourth-order valence-corrected chi connectivity index (χ4v) is 8.63. The van der Waals surface area contributed by atoms with Gasteiger partial charge in [0.2, 0.25) is 0 Å². The van der Waals surface area contributed by atoms with Crippen LogP contribution in [-0.4, -0.2) is 55.1 Å². The number of carbonyl (C=O) groups is 1. The largest absolute Gasteiger partial charge is 0.530 e. The second-order valence-corrected chi connectivity index (χ2v) is 15.8. The maximum absolute atomic E-state index is 14.6. The highest BCUT2D eigenvalue weighted by Crippen LogP contribution is 2.54. The van der Waals surface area contributed by atoms with E-state index in [1.165, 1.54) is 22.9 Å². The first kappa shape index (κ1) is 43.8. The number of aromatic nitrogens is 2. The minimum absolute atomic E-state index is 0.0217. The molecule has 6 aromatic rings. The number of nitrogens with one attached hydrogen (secondary N) is 1. The number of methoxy groups -OCH3 is 2. The van der Waals surface area contributed by atoms with Crippen molar-refractivity contribution in [3.63, 3.8) is 0 Å². The normalized spacial score (nSPS) is 17.0. The van der Waals surface area contributed by atoms with Crippen molar-refractivity contribution in [2.45, 2.75) is 36.9 Å². The van der Waals surface area contributed by atoms with Crippen molar-refractivity contribution in [2.24, 2.45) is 0 Å². The summed E-state index contributed by atoms with van der Waals surface area (Å²) in [7, 11) is -1.41. The molecule has 1 aliphatic heterocycles. The van der Waals surface area contributed by atoms with Gasteiger partial charge >= 0.3 is 13.5 Å². The number of halogens is 1. The van der Waals surface area contributed by atoms with Crippen LogP contribution in [0.4, 0.5) is 5.82 Å². The van der Waals surface area contributed by atoms with E-state index >= 15 is 0 Å². The molecule has 0 saturated carbocycles. The fraction of sp³-hybridized carbons (Fsp3) is 0.217. The molecule has 7 rings (SSSR count). The van der Waals surface area contributed by atoms with Crippen LogP contribution in [0, 0.1) is 11.3 Å². The van der Waals surface area contributed by atoms with E-state index in [0.717, 1.165) is 16.7 Å². The standard InChI is InChI=1S/C46H42ClN4O10P/c1-55-36-22-18-34(19-23-36)46(33-14-7-4-8-15-33,35-20-24-37(56-2)25-21-35)57-31-41-40(61-62(54,58-29-11-27-48)60-39-17-10-9-16-38(39)47)30-43(59-41)51-28-26-42(50-45(51)53)49-44(52)32-12-5-3-6-13-32/h3-10,12-26,28,40-41,43H,11,29-31H2,1-2H3,(H,49,50,52,53)/t40-,41+,43+,62?/m0/s1. The van der Waals surface area contributed by atoms with Gasteiger partial charge in [-0.15, -0.1) is 0 Å². The monoisotopic (exact) mass is 876 g/mol. The molecular weight excluding hydrogens is 835 g/mol. The van der Waals surface area contributed by atoms with Gasteiger partial charge in [0.1, 0.15) is 47.1 Å². The summed E-state index contributed by atoms with van der Waals surface area (Å²) in [4.78, 5) is 30.6. The Balaban J connectivity index is 1.27. The van der Waals surface area contributed by atoms with Gasteiger partial charge in [0.15, 0.2) is 0 Å². The lowest BCUT2D eigenvalue weighted by Gasteiger charge is -2.37. The summed E-state index contributed by atoms with van der Waals surface area (Å²) in [6.45, 7) is -0.492. The van der Waals surface area contributed by atoms with Crippen LogP contribution in [0.5, 0.6) is 17.2 Å². The maximum atomic E-state index is 14.6. The Labute approximate surface area is 363 Å². The summed E-state index contributed by atoms with van der Waals surface area (Å²) in [5.41, 5.74) is 0.604. The molecule has 0 spiro atoms. The van der Waals surface area contributed by atoms with E-state index in [0.29, 0.717) is 17.1 Å². The van der Waals surface area contributed by atoms with E-state index in [9.17, 15) is 19.4 Å². The van der Waals surface area contributed by atoms with Gasteiger partial charge in [-0.3, -0.25) is 18.4 Å². The van der Waals surface area contributed by atoms with Crippen molar-refractivity contribution in [3.8, 4) is 23.3 Å². The van der Waals surface area contributed by atoms with E-state index in [-0.39, 0.29) is 42.6 Å². The second kappa shape index (κ2) is 20.0. The number of hydrogen-bond acceptors (Lipinski definition) is 12. The van der Waals surface area contributed by atoms with Crippen molar-refractivity contribution in [2.75, 3.05) is 32.8 Å². The highest BCUT2D eigenvalue weighted by molar-refractivity contribution is 7.49. The molecule has 1 saturated heterocycles. The topological polar surface area (TPSA) is 169 Å². The predicted molar refractivity (Wildman–Crippen MR) is 230 cm³/mol. The van der Waals surface area contributed by atoms with Crippen molar-refractivity contribution in [1.29, 1.82) is 5.26 Å². The van der Waals surface area contributed by atoms with Crippen LogP contribution in [-0.2, 0) is 28.7 Å². The molecule has 14 nitrogen and oxygen atoms in total. The molecule has 16 heteroatoms. The van der Waals surface area contributed by atoms with Gasteiger partial charge < -0.3 is 28.8 Å². The number of anilines is 1.